The van der Waals surface area contributed by atoms with Gasteiger partial charge < -0.3 is 4.90 Å². The Morgan fingerprint density at radius 1 is 1.50 bits per heavy atom. The molecule has 0 saturated heterocycles. The number of aliphatic imine (C=N–C) groups is 1. The van der Waals surface area contributed by atoms with Crippen molar-refractivity contribution in [1.29, 1.82) is 0 Å². The van der Waals surface area contributed by atoms with Crippen molar-refractivity contribution in [2.75, 3.05) is 13.6 Å². The van der Waals surface area contributed by atoms with Gasteiger partial charge >= 0.3 is 0 Å². The van der Waals surface area contributed by atoms with E-state index in [0.717, 1.165) is 13.0 Å². The van der Waals surface area contributed by atoms with Crippen LogP contribution in [0.3, 0.4) is 0 Å². The van der Waals surface area contributed by atoms with Crippen molar-refractivity contribution < 1.29 is 0 Å². The van der Waals surface area contributed by atoms with Gasteiger partial charge in [0.2, 0.25) is 0 Å². The third-order valence-electron chi connectivity index (χ3n) is 1.00. The van der Waals surface area contributed by atoms with E-state index >= 15 is 0 Å². The monoisotopic (exact) mass is 140 g/mol. The third-order valence-corrected chi connectivity index (χ3v) is 1.00. The molecule has 0 amide bonds. The Labute approximate surface area is 63.3 Å². The molecule has 0 rings (SSSR count). The first-order chi connectivity index (χ1) is 4.81. The summed E-state index contributed by atoms with van der Waals surface area (Å²) in [4.78, 5) is 6.10. The minimum atomic E-state index is 0.919. The lowest BCUT2D eigenvalue weighted by Gasteiger charge is -2.03. The number of rotatable bonds is 4. The van der Waals surface area contributed by atoms with Gasteiger partial charge in [-0.25, -0.2) is 0 Å². The lowest BCUT2D eigenvalue weighted by atomic mass is 10.5. The predicted octanol–water partition coefficient (Wildman–Crippen LogP) is 1.89. The van der Waals surface area contributed by atoms with E-state index in [1.807, 2.05) is 37.5 Å². The summed E-state index contributed by atoms with van der Waals surface area (Å²) in [7, 11) is 1.97. The van der Waals surface area contributed by atoms with Gasteiger partial charge in [-0.1, -0.05) is 13.0 Å². The highest BCUT2D eigenvalue weighted by Gasteiger charge is 1.78. The van der Waals surface area contributed by atoms with E-state index in [2.05, 4.69) is 11.9 Å². The Kier molecular flexibility index (Phi) is 5.83. The number of hydrogen-bond donors (Lipinski definition) is 0. The molecule has 0 aliphatic carbocycles. The molecular formula is C8H16N2. The van der Waals surface area contributed by atoms with Gasteiger partial charge in [-0.05, 0) is 13.3 Å². The number of nitrogens with zero attached hydrogens (tertiary/aromatic N) is 2. The van der Waals surface area contributed by atoms with Gasteiger partial charge in [0.05, 0.1) is 6.34 Å². The zero-order chi connectivity index (χ0) is 7.82. The van der Waals surface area contributed by atoms with E-state index in [9.17, 15) is 0 Å². The topological polar surface area (TPSA) is 15.6 Å². The van der Waals surface area contributed by atoms with E-state index < -0.39 is 0 Å². The van der Waals surface area contributed by atoms with Crippen LogP contribution < -0.4 is 0 Å². The molecule has 0 aromatic rings. The molecule has 0 bridgehead atoms. The summed E-state index contributed by atoms with van der Waals surface area (Å²) in [5.41, 5.74) is 0. The standard InChI is InChI=1S/C8H16N2/c1-4-6-9-8-10(3)7-5-2/h5,7-8H,4,6H2,1-3H3/b7-5-,9-8?. The van der Waals surface area contributed by atoms with Crippen molar-refractivity contribution >= 4 is 6.34 Å². The van der Waals surface area contributed by atoms with Gasteiger partial charge in [0.25, 0.3) is 0 Å². The average molecular weight is 140 g/mol. The second kappa shape index (κ2) is 6.33. The quantitative estimate of drug-likeness (QED) is 0.430. The molecule has 58 valence electrons. The van der Waals surface area contributed by atoms with Crippen LogP contribution in [0.25, 0.3) is 0 Å². The lowest BCUT2D eigenvalue weighted by molar-refractivity contribution is 0.701. The van der Waals surface area contributed by atoms with Crippen LogP contribution in [0.15, 0.2) is 17.3 Å². The molecule has 0 atom stereocenters. The first-order valence-corrected chi connectivity index (χ1v) is 3.66. The van der Waals surface area contributed by atoms with E-state index in [-0.39, 0.29) is 0 Å². The molecule has 0 saturated carbocycles. The second-order valence-electron chi connectivity index (χ2n) is 2.17. The predicted molar refractivity (Wildman–Crippen MR) is 46.2 cm³/mol. The summed E-state index contributed by atoms with van der Waals surface area (Å²) in [6.45, 7) is 5.03. The summed E-state index contributed by atoms with van der Waals surface area (Å²) in [6, 6.07) is 0. The maximum absolute atomic E-state index is 4.16. The summed E-state index contributed by atoms with van der Waals surface area (Å²) in [6.07, 6.45) is 6.90. The Morgan fingerprint density at radius 3 is 2.70 bits per heavy atom. The molecule has 2 nitrogen and oxygen atoms in total. The number of allylic oxidation sites excluding steroid dienone is 1. The van der Waals surface area contributed by atoms with E-state index in [0.29, 0.717) is 0 Å². The van der Waals surface area contributed by atoms with Gasteiger partial charge in [0.1, 0.15) is 0 Å². The minimum Gasteiger partial charge on any atom is -0.343 e. The summed E-state index contributed by atoms with van der Waals surface area (Å²) in [5.74, 6) is 0. The molecule has 0 fully saturated rings. The molecule has 0 N–H and O–H groups in total. The Bertz CT molecular complexity index is 116. The van der Waals surface area contributed by atoms with Gasteiger partial charge in [0, 0.05) is 19.8 Å². The molecule has 0 aromatic carbocycles. The van der Waals surface area contributed by atoms with E-state index in [1.165, 1.54) is 0 Å². The van der Waals surface area contributed by atoms with Crippen LogP contribution in [0.1, 0.15) is 20.3 Å². The zero-order valence-corrected chi connectivity index (χ0v) is 7.04. The Hall–Kier alpha value is -0.790. The minimum absolute atomic E-state index is 0.919. The van der Waals surface area contributed by atoms with Crippen molar-refractivity contribution in [1.82, 2.24) is 4.90 Å². The molecule has 0 radical (unpaired) electrons. The van der Waals surface area contributed by atoms with Gasteiger partial charge in [-0.2, -0.15) is 0 Å². The van der Waals surface area contributed by atoms with Crippen molar-refractivity contribution in [3.8, 4) is 0 Å². The highest BCUT2D eigenvalue weighted by atomic mass is 15.1. The van der Waals surface area contributed by atoms with Crippen LogP contribution in [0, 0.1) is 0 Å². The normalized spacial score (nSPS) is 11.5. The fraction of sp³-hybridized carbons (Fsp3) is 0.625. The summed E-state index contributed by atoms with van der Waals surface area (Å²) in [5, 5.41) is 0. The fourth-order valence-corrected chi connectivity index (χ4v) is 0.589. The van der Waals surface area contributed by atoms with Crippen LogP contribution in [-0.4, -0.2) is 24.8 Å². The van der Waals surface area contributed by atoms with E-state index in [4.69, 9.17) is 0 Å². The molecule has 0 heterocycles. The highest BCUT2D eigenvalue weighted by Crippen LogP contribution is 1.80. The molecule has 0 spiro atoms. The zero-order valence-electron chi connectivity index (χ0n) is 7.04. The van der Waals surface area contributed by atoms with Crippen LogP contribution >= 0.6 is 0 Å². The first kappa shape index (κ1) is 9.21. The Balaban J connectivity index is 3.45. The lowest BCUT2D eigenvalue weighted by Crippen LogP contribution is -2.06. The number of hydrogen-bond acceptors (Lipinski definition) is 1. The maximum Gasteiger partial charge on any atom is 0.0886 e. The molecule has 0 aliphatic rings. The highest BCUT2D eigenvalue weighted by molar-refractivity contribution is 5.55. The summed E-state index contributed by atoms with van der Waals surface area (Å²) < 4.78 is 0. The first-order valence-electron chi connectivity index (χ1n) is 3.66. The smallest absolute Gasteiger partial charge is 0.0886 e. The largest absolute Gasteiger partial charge is 0.343 e. The maximum atomic E-state index is 4.16. The second-order valence-corrected chi connectivity index (χ2v) is 2.17. The van der Waals surface area contributed by atoms with Gasteiger partial charge in [-0.3, -0.25) is 4.99 Å². The van der Waals surface area contributed by atoms with Crippen LogP contribution in [0.2, 0.25) is 0 Å². The molecule has 0 aliphatic heterocycles. The van der Waals surface area contributed by atoms with Gasteiger partial charge in [-0.15, -0.1) is 0 Å². The molecular weight excluding hydrogens is 124 g/mol. The van der Waals surface area contributed by atoms with Crippen molar-refractivity contribution in [2.24, 2.45) is 4.99 Å². The van der Waals surface area contributed by atoms with Crippen molar-refractivity contribution in [3.05, 3.63) is 12.3 Å². The molecule has 2 heteroatoms. The van der Waals surface area contributed by atoms with E-state index in [1.54, 1.807) is 0 Å². The van der Waals surface area contributed by atoms with Crippen LogP contribution in [-0.2, 0) is 0 Å². The Morgan fingerprint density at radius 2 is 2.20 bits per heavy atom. The summed E-state index contributed by atoms with van der Waals surface area (Å²) >= 11 is 0. The molecule has 0 aromatic heterocycles. The molecule has 10 heavy (non-hydrogen) atoms. The average Bonchev–Trinajstić information content (AvgIpc) is 1.89. The van der Waals surface area contributed by atoms with Crippen LogP contribution in [0.5, 0.6) is 0 Å². The van der Waals surface area contributed by atoms with Crippen molar-refractivity contribution in [3.63, 3.8) is 0 Å². The third kappa shape index (κ3) is 5.35. The van der Waals surface area contributed by atoms with Crippen LogP contribution in [0.4, 0.5) is 0 Å². The van der Waals surface area contributed by atoms with Crippen molar-refractivity contribution in [2.45, 2.75) is 20.3 Å². The van der Waals surface area contributed by atoms with Gasteiger partial charge in [0.15, 0.2) is 0 Å². The molecule has 0 unspecified atom stereocenters. The SMILES string of the molecule is C/C=C\N(C)C=NCCC. The fourth-order valence-electron chi connectivity index (χ4n) is 0.589.